The van der Waals surface area contributed by atoms with E-state index in [2.05, 4.69) is 32.0 Å². The van der Waals surface area contributed by atoms with Gasteiger partial charge in [-0.3, -0.25) is 14.3 Å². The van der Waals surface area contributed by atoms with Gasteiger partial charge in [0.2, 0.25) is 10.0 Å². The van der Waals surface area contributed by atoms with E-state index in [-0.39, 0.29) is 41.1 Å². The molecule has 0 bridgehead atoms. The lowest BCUT2D eigenvalue weighted by Crippen LogP contribution is -2.30. The predicted octanol–water partition coefficient (Wildman–Crippen LogP) is 3.56. The molecule has 1 aliphatic carbocycles. The van der Waals surface area contributed by atoms with Crippen LogP contribution in [0.5, 0.6) is 0 Å². The number of hydrogen-bond acceptors (Lipinski definition) is 7. The molecule has 2 aromatic heterocycles. The van der Waals surface area contributed by atoms with Crippen LogP contribution in [0.4, 0.5) is 14.5 Å². The van der Waals surface area contributed by atoms with Gasteiger partial charge in [-0.2, -0.15) is 5.10 Å². The number of rotatable bonds is 8. The summed E-state index contributed by atoms with van der Waals surface area (Å²) < 4.78 is 54.6. The van der Waals surface area contributed by atoms with Crippen LogP contribution in [0.25, 0.3) is 11.4 Å². The fourth-order valence-electron chi connectivity index (χ4n) is 5.02. The number of aliphatic hydroxyl groups excluding tert-OH is 1. The standard InChI is InChI=1S/C28H26F2N6O5S/c1-14-17(15(2)37)5-6-19-18(14)7-9-22(19)34-28(39)25-11-24(33-26-21(30)13-32-36(25)26)27(38)31-12-16-4-8-20(29)23(10-16)35-42(3,40)41/h4-6,8,10-11,13,22,35,37H,2,7,9,12H2,1,3H3,(H,31,38)(H,34,39)/t22-/m0/s1. The summed E-state index contributed by atoms with van der Waals surface area (Å²) in [7, 11) is -3.74. The number of sulfonamides is 1. The Morgan fingerprint density at radius 2 is 1.90 bits per heavy atom. The molecule has 5 rings (SSSR count). The first-order valence-electron chi connectivity index (χ1n) is 12.7. The van der Waals surface area contributed by atoms with Gasteiger partial charge in [-0.05, 0) is 54.2 Å². The summed E-state index contributed by atoms with van der Waals surface area (Å²) >= 11 is 0. The maximum atomic E-state index is 14.5. The Hall–Kier alpha value is -4.85. The molecule has 4 aromatic rings. The minimum Gasteiger partial charge on any atom is -0.508 e. The Morgan fingerprint density at radius 1 is 1.14 bits per heavy atom. The summed E-state index contributed by atoms with van der Waals surface area (Å²) in [5, 5.41) is 19.2. The molecule has 42 heavy (non-hydrogen) atoms. The van der Waals surface area contributed by atoms with Gasteiger partial charge in [0.1, 0.15) is 23.0 Å². The van der Waals surface area contributed by atoms with Gasteiger partial charge in [0.25, 0.3) is 11.8 Å². The molecule has 14 heteroatoms. The molecule has 0 aliphatic heterocycles. The van der Waals surface area contributed by atoms with E-state index in [4.69, 9.17) is 0 Å². The second-order valence-corrected chi connectivity index (χ2v) is 11.7. The highest BCUT2D eigenvalue weighted by atomic mass is 32.2. The highest BCUT2D eigenvalue weighted by Gasteiger charge is 2.28. The Morgan fingerprint density at radius 3 is 2.62 bits per heavy atom. The molecule has 4 N–H and O–H groups in total. The SMILES string of the molecule is C=C(O)c1ccc2c(c1C)CC[C@@H]2NC(=O)c1cc(C(=O)NCc2ccc(F)c(NS(C)(=O)=O)c2)nc2c(F)cnn12. The number of carbonyl (C=O) groups excluding carboxylic acids is 2. The fourth-order valence-corrected chi connectivity index (χ4v) is 5.58. The zero-order valence-electron chi connectivity index (χ0n) is 22.5. The molecule has 0 radical (unpaired) electrons. The highest BCUT2D eigenvalue weighted by molar-refractivity contribution is 7.92. The molecule has 1 atom stereocenters. The van der Waals surface area contributed by atoms with Crippen molar-refractivity contribution in [1.29, 1.82) is 0 Å². The lowest BCUT2D eigenvalue weighted by atomic mass is 9.97. The molecule has 2 amide bonds. The first-order chi connectivity index (χ1) is 19.8. The molecule has 2 heterocycles. The van der Waals surface area contributed by atoms with Crippen molar-refractivity contribution in [3.63, 3.8) is 0 Å². The average Bonchev–Trinajstić information content (AvgIpc) is 3.51. The minimum atomic E-state index is -3.74. The van der Waals surface area contributed by atoms with Crippen LogP contribution < -0.4 is 15.4 Å². The number of aliphatic hydroxyl groups is 1. The molecule has 11 nitrogen and oxygen atoms in total. The Bertz CT molecular complexity index is 1890. The van der Waals surface area contributed by atoms with E-state index in [1.54, 1.807) is 6.07 Å². The van der Waals surface area contributed by atoms with Crippen LogP contribution in [0.2, 0.25) is 0 Å². The van der Waals surface area contributed by atoms with Crippen LogP contribution in [0.3, 0.4) is 0 Å². The maximum absolute atomic E-state index is 14.5. The summed E-state index contributed by atoms with van der Waals surface area (Å²) in [6.45, 7) is 5.32. The second kappa shape index (κ2) is 10.9. The molecular formula is C28H26F2N6O5S. The van der Waals surface area contributed by atoms with Crippen molar-refractivity contribution in [2.45, 2.75) is 32.4 Å². The van der Waals surface area contributed by atoms with Crippen molar-refractivity contribution in [2.75, 3.05) is 11.0 Å². The van der Waals surface area contributed by atoms with Crippen molar-refractivity contribution in [2.24, 2.45) is 0 Å². The number of nitrogens with zero attached hydrogens (tertiary/aromatic N) is 3. The van der Waals surface area contributed by atoms with Crippen molar-refractivity contribution in [1.82, 2.24) is 25.2 Å². The first-order valence-corrected chi connectivity index (χ1v) is 14.6. The summed E-state index contributed by atoms with van der Waals surface area (Å²) in [6, 6.07) is 7.99. The van der Waals surface area contributed by atoms with Crippen molar-refractivity contribution >= 4 is 38.9 Å². The number of anilines is 1. The van der Waals surface area contributed by atoms with Crippen LogP contribution in [0.15, 0.2) is 49.2 Å². The third-order valence-corrected chi connectivity index (χ3v) is 7.57. The zero-order valence-corrected chi connectivity index (χ0v) is 23.3. The molecular weight excluding hydrogens is 570 g/mol. The third-order valence-electron chi connectivity index (χ3n) is 6.98. The number of hydrogen-bond donors (Lipinski definition) is 4. The molecule has 1 aliphatic rings. The van der Waals surface area contributed by atoms with Gasteiger partial charge >= 0.3 is 0 Å². The van der Waals surface area contributed by atoms with Crippen molar-refractivity contribution in [3.8, 4) is 0 Å². The monoisotopic (exact) mass is 596 g/mol. The number of carbonyl (C=O) groups is 2. The van der Waals surface area contributed by atoms with Crippen LogP contribution in [0.1, 0.15) is 61.3 Å². The second-order valence-electron chi connectivity index (χ2n) is 9.94. The van der Waals surface area contributed by atoms with Gasteiger partial charge in [-0.15, -0.1) is 0 Å². The molecule has 0 saturated carbocycles. The van der Waals surface area contributed by atoms with Gasteiger partial charge in [-0.25, -0.2) is 26.7 Å². The average molecular weight is 597 g/mol. The van der Waals surface area contributed by atoms with Crippen LogP contribution in [0, 0.1) is 18.6 Å². The molecule has 0 fully saturated rings. The molecule has 2 aromatic carbocycles. The van der Waals surface area contributed by atoms with Gasteiger partial charge in [0.05, 0.1) is 24.2 Å². The van der Waals surface area contributed by atoms with E-state index in [0.717, 1.165) is 39.7 Å². The van der Waals surface area contributed by atoms with Crippen molar-refractivity contribution < 1.29 is 31.9 Å². The molecule has 0 spiro atoms. The van der Waals surface area contributed by atoms with Crippen LogP contribution in [-0.4, -0.2) is 46.2 Å². The van der Waals surface area contributed by atoms with Gasteiger partial charge in [0.15, 0.2) is 11.5 Å². The molecule has 0 saturated heterocycles. The Balaban J connectivity index is 1.38. The summed E-state index contributed by atoms with van der Waals surface area (Å²) in [4.78, 5) is 30.5. The summed E-state index contributed by atoms with van der Waals surface area (Å²) in [5.41, 5.74) is 2.73. The van der Waals surface area contributed by atoms with Crippen molar-refractivity contribution in [3.05, 3.63) is 100 Å². The lowest BCUT2D eigenvalue weighted by Gasteiger charge is -2.16. The van der Waals surface area contributed by atoms with E-state index >= 15 is 0 Å². The van der Waals surface area contributed by atoms with Crippen LogP contribution >= 0.6 is 0 Å². The van der Waals surface area contributed by atoms with Crippen LogP contribution in [-0.2, 0) is 23.0 Å². The minimum absolute atomic E-state index is 0.0427. The number of nitrogens with one attached hydrogen (secondary N) is 3. The largest absolute Gasteiger partial charge is 0.508 e. The van der Waals surface area contributed by atoms with E-state index in [1.807, 2.05) is 13.0 Å². The maximum Gasteiger partial charge on any atom is 0.270 e. The van der Waals surface area contributed by atoms with E-state index < -0.39 is 33.5 Å². The summed E-state index contributed by atoms with van der Waals surface area (Å²) in [5.74, 6) is -3.05. The quantitative estimate of drug-likeness (QED) is 0.227. The fraction of sp³-hybridized carbons (Fsp3) is 0.214. The zero-order chi connectivity index (χ0) is 30.3. The topological polar surface area (TPSA) is 155 Å². The predicted molar refractivity (Wildman–Crippen MR) is 150 cm³/mol. The molecule has 0 unspecified atom stereocenters. The third kappa shape index (κ3) is 5.65. The normalized spacial score (nSPS) is 14.4. The number of amides is 2. The first kappa shape index (κ1) is 28.7. The van der Waals surface area contributed by atoms with Gasteiger partial charge < -0.3 is 15.7 Å². The lowest BCUT2D eigenvalue weighted by molar-refractivity contribution is 0.0929. The number of benzene rings is 2. The molecule has 218 valence electrons. The highest BCUT2D eigenvalue weighted by Crippen LogP contribution is 2.36. The van der Waals surface area contributed by atoms with Gasteiger partial charge in [0, 0.05) is 18.2 Å². The number of halogens is 2. The van der Waals surface area contributed by atoms with E-state index in [0.29, 0.717) is 24.0 Å². The Labute approximate surface area is 239 Å². The Kier molecular flexibility index (Phi) is 7.41. The van der Waals surface area contributed by atoms with E-state index in [9.17, 15) is 31.9 Å². The smallest absolute Gasteiger partial charge is 0.270 e. The number of aromatic nitrogens is 3. The summed E-state index contributed by atoms with van der Waals surface area (Å²) in [6.07, 6.45) is 3.01. The number of fused-ring (bicyclic) bond motifs is 2. The van der Waals surface area contributed by atoms with E-state index in [1.165, 1.54) is 18.2 Å². The van der Waals surface area contributed by atoms with Gasteiger partial charge in [-0.1, -0.05) is 24.8 Å².